The molecule has 0 bridgehead atoms. The minimum atomic E-state index is -0.512. The average Bonchev–Trinajstić information content (AvgIpc) is 2.90. The number of carbonyl (C=O) groups excluding carboxylic acids is 1. The standard InChI is InChI=1S/C15H18N2O2S/c1-15(2,3)19-14(18)17(4)13-8-7-11(10-16-13)12-6-5-9-20-12/h5-10H,1-4H3. The zero-order valence-corrected chi connectivity index (χ0v) is 12.9. The van der Waals surface area contributed by atoms with E-state index in [1.807, 2.05) is 50.4 Å². The van der Waals surface area contributed by atoms with Crippen molar-refractivity contribution in [3.05, 3.63) is 35.8 Å². The van der Waals surface area contributed by atoms with Gasteiger partial charge in [0, 0.05) is 23.7 Å². The largest absolute Gasteiger partial charge is 0.443 e. The van der Waals surface area contributed by atoms with Crippen LogP contribution in [-0.2, 0) is 4.74 Å². The van der Waals surface area contributed by atoms with E-state index in [0.717, 1.165) is 10.4 Å². The number of carbonyl (C=O) groups is 1. The second-order valence-corrected chi connectivity index (χ2v) is 6.37. The van der Waals surface area contributed by atoms with E-state index in [2.05, 4.69) is 4.98 Å². The van der Waals surface area contributed by atoms with Crippen molar-refractivity contribution in [2.24, 2.45) is 0 Å². The molecule has 2 heterocycles. The lowest BCUT2D eigenvalue weighted by Gasteiger charge is -2.24. The Labute approximate surface area is 123 Å². The van der Waals surface area contributed by atoms with Gasteiger partial charge >= 0.3 is 6.09 Å². The van der Waals surface area contributed by atoms with Gasteiger partial charge in [0.15, 0.2) is 0 Å². The first-order valence-electron chi connectivity index (χ1n) is 6.33. The molecule has 0 saturated carbocycles. The summed E-state index contributed by atoms with van der Waals surface area (Å²) in [7, 11) is 1.65. The van der Waals surface area contributed by atoms with Crippen molar-refractivity contribution < 1.29 is 9.53 Å². The van der Waals surface area contributed by atoms with Crippen LogP contribution >= 0.6 is 11.3 Å². The highest BCUT2D eigenvalue weighted by Gasteiger charge is 2.21. The smallest absolute Gasteiger partial charge is 0.415 e. The summed E-state index contributed by atoms with van der Waals surface area (Å²) in [5.41, 5.74) is 0.531. The monoisotopic (exact) mass is 290 g/mol. The molecular formula is C15H18N2O2S. The van der Waals surface area contributed by atoms with Gasteiger partial charge in [-0.2, -0.15) is 0 Å². The van der Waals surface area contributed by atoms with Gasteiger partial charge in [-0.1, -0.05) is 6.07 Å². The van der Waals surface area contributed by atoms with Crippen molar-refractivity contribution in [2.45, 2.75) is 26.4 Å². The number of hydrogen-bond donors (Lipinski definition) is 0. The molecule has 0 aliphatic rings. The van der Waals surface area contributed by atoms with Crippen LogP contribution in [0.25, 0.3) is 10.4 Å². The Morgan fingerprint density at radius 3 is 2.55 bits per heavy atom. The van der Waals surface area contributed by atoms with Gasteiger partial charge in [0.25, 0.3) is 0 Å². The van der Waals surface area contributed by atoms with Gasteiger partial charge in [-0.15, -0.1) is 11.3 Å². The second kappa shape index (κ2) is 5.63. The van der Waals surface area contributed by atoms with Crippen LogP contribution in [0, 0.1) is 0 Å². The molecule has 0 aliphatic carbocycles. The summed E-state index contributed by atoms with van der Waals surface area (Å²) in [4.78, 5) is 18.8. The van der Waals surface area contributed by atoms with E-state index < -0.39 is 11.7 Å². The lowest BCUT2D eigenvalue weighted by atomic mass is 10.2. The molecule has 2 aromatic heterocycles. The first-order chi connectivity index (χ1) is 9.37. The number of thiophene rings is 1. The quantitative estimate of drug-likeness (QED) is 0.833. The molecule has 0 spiro atoms. The van der Waals surface area contributed by atoms with E-state index >= 15 is 0 Å². The molecule has 2 rings (SSSR count). The van der Waals surface area contributed by atoms with Gasteiger partial charge in [0.1, 0.15) is 11.4 Å². The first-order valence-corrected chi connectivity index (χ1v) is 7.21. The number of rotatable bonds is 2. The van der Waals surface area contributed by atoms with E-state index in [1.54, 1.807) is 24.6 Å². The highest BCUT2D eigenvalue weighted by atomic mass is 32.1. The molecule has 20 heavy (non-hydrogen) atoms. The summed E-state index contributed by atoms with van der Waals surface area (Å²) in [6, 6.07) is 7.81. The molecular weight excluding hydrogens is 272 g/mol. The summed E-state index contributed by atoms with van der Waals surface area (Å²) in [6.07, 6.45) is 1.36. The van der Waals surface area contributed by atoms with Crippen LogP contribution in [0.5, 0.6) is 0 Å². The van der Waals surface area contributed by atoms with Gasteiger partial charge in [-0.3, -0.25) is 4.90 Å². The Kier molecular flexibility index (Phi) is 4.09. The van der Waals surface area contributed by atoms with Crippen LogP contribution in [0.1, 0.15) is 20.8 Å². The fourth-order valence-corrected chi connectivity index (χ4v) is 2.31. The molecule has 0 atom stereocenters. The fourth-order valence-electron chi connectivity index (χ4n) is 1.60. The third-order valence-corrected chi connectivity index (χ3v) is 3.48. The molecule has 0 saturated heterocycles. The van der Waals surface area contributed by atoms with Gasteiger partial charge in [0.2, 0.25) is 0 Å². The number of aromatic nitrogens is 1. The van der Waals surface area contributed by atoms with Crippen molar-refractivity contribution in [1.29, 1.82) is 0 Å². The molecule has 0 aliphatic heterocycles. The summed E-state index contributed by atoms with van der Waals surface area (Å²) >= 11 is 1.66. The molecule has 5 heteroatoms. The van der Waals surface area contributed by atoms with Crippen LogP contribution in [0.4, 0.5) is 10.6 Å². The molecule has 1 amide bonds. The predicted octanol–water partition coefficient (Wildman–Crippen LogP) is 4.18. The van der Waals surface area contributed by atoms with Crippen molar-refractivity contribution in [2.75, 3.05) is 11.9 Å². The molecule has 0 fully saturated rings. The summed E-state index contributed by atoms with van der Waals surface area (Å²) in [6.45, 7) is 5.52. The number of pyridine rings is 1. The lowest BCUT2D eigenvalue weighted by Crippen LogP contribution is -2.34. The van der Waals surface area contributed by atoms with E-state index in [1.165, 1.54) is 4.90 Å². The normalized spacial score (nSPS) is 11.2. The Morgan fingerprint density at radius 1 is 1.30 bits per heavy atom. The van der Waals surface area contributed by atoms with Crippen molar-refractivity contribution in [1.82, 2.24) is 4.98 Å². The fraction of sp³-hybridized carbons (Fsp3) is 0.333. The minimum Gasteiger partial charge on any atom is -0.443 e. The van der Waals surface area contributed by atoms with E-state index in [-0.39, 0.29) is 0 Å². The van der Waals surface area contributed by atoms with Crippen LogP contribution in [0.15, 0.2) is 35.8 Å². The molecule has 0 radical (unpaired) electrons. The Morgan fingerprint density at radius 2 is 2.05 bits per heavy atom. The lowest BCUT2D eigenvalue weighted by molar-refractivity contribution is 0.0588. The SMILES string of the molecule is CN(C(=O)OC(C)(C)C)c1ccc(-c2cccs2)cn1. The number of nitrogens with zero attached hydrogens (tertiary/aromatic N) is 2. The van der Waals surface area contributed by atoms with Crippen LogP contribution in [0.3, 0.4) is 0 Å². The third kappa shape index (κ3) is 3.57. The zero-order valence-electron chi connectivity index (χ0n) is 12.1. The molecule has 0 unspecified atom stereocenters. The van der Waals surface area contributed by atoms with Crippen LogP contribution < -0.4 is 4.90 Å². The molecule has 4 nitrogen and oxygen atoms in total. The molecule has 0 aromatic carbocycles. The Balaban J connectivity index is 2.12. The van der Waals surface area contributed by atoms with Crippen molar-refractivity contribution >= 4 is 23.2 Å². The third-order valence-electron chi connectivity index (χ3n) is 2.56. The van der Waals surface area contributed by atoms with E-state index in [0.29, 0.717) is 5.82 Å². The Bertz CT molecular complexity index is 571. The first kappa shape index (κ1) is 14.5. The Hall–Kier alpha value is -1.88. The maximum Gasteiger partial charge on any atom is 0.415 e. The van der Waals surface area contributed by atoms with Gasteiger partial charge in [-0.05, 0) is 44.4 Å². The van der Waals surface area contributed by atoms with Gasteiger partial charge < -0.3 is 4.74 Å². The maximum absolute atomic E-state index is 11.9. The topological polar surface area (TPSA) is 42.4 Å². The van der Waals surface area contributed by atoms with E-state index in [9.17, 15) is 4.79 Å². The van der Waals surface area contributed by atoms with Gasteiger partial charge in [0.05, 0.1) is 0 Å². The van der Waals surface area contributed by atoms with Crippen molar-refractivity contribution in [3.63, 3.8) is 0 Å². The maximum atomic E-state index is 11.9. The van der Waals surface area contributed by atoms with Gasteiger partial charge in [-0.25, -0.2) is 9.78 Å². The zero-order chi connectivity index (χ0) is 14.8. The van der Waals surface area contributed by atoms with Crippen molar-refractivity contribution in [3.8, 4) is 10.4 Å². The predicted molar refractivity (Wildman–Crippen MR) is 82.2 cm³/mol. The average molecular weight is 290 g/mol. The molecule has 106 valence electrons. The highest BCUT2D eigenvalue weighted by Crippen LogP contribution is 2.25. The highest BCUT2D eigenvalue weighted by molar-refractivity contribution is 7.13. The van der Waals surface area contributed by atoms with Crippen LogP contribution in [-0.4, -0.2) is 23.7 Å². The molecule has 2 aromatic rings. The summed E-state index contributed by atoms with van der Waals surface area (Å²) < 4.78 is 5.31. The van der Waals surface area contributed by atoms with E-state index in [4.69, 9.17) is 4.74 Å². The number of anilines is 1. The molecule has 0 N–H and O–H groups in total. The minimum absolute atomic E-state index is 0.408. The number of amides is 1. The summed E-state index contributed by atoms with van der Waals surface area (Å²) in [5, 5.41) is 2.02. The second-order valence-electron chi connectivity index (χ2n) is 5.42. The van der Waals surface area contributed by atoms with Crippen LogP contribution in [0.2, 0.25) is 0 Å². The number of ether oxygens (including phenoxy) is 1. The summed E-state index contributed by atoms with van der Waals surface area (Å²) in [5.74, 6) is 0.569. The number of hydrogen-bond acceptors (Lipinski definition) is 4.